The molecule has 3 aliphatic carbocycles. The first-order valence-electron chi connectivity index (χ1n) is 14.8. The number of carbonyl (C=O) groups is 1. The van der Waals surface area contributed by atoms with Crippen molar-refractivity contribution in [3.8, 4) is 22.6 Å². The molecule has 2 aromatic carbocycles. The fourth-order valence-corrected chi connectivity index (χ4v) is 7.69. The SMILES string of the molecule is COc1c(CN2O[C@@H](CO)[C@H]([C@H](C)O)[C@H]2C(=O)N[C@H]2C[C@H]3C[C@@H]([C@@H]2C)C3(C)C)cccc1-c1cccc(OC(F)(F)F)c1. The molecule has 236 valence electrons. The molecule has 1 amide bonds. The van der Waals surface area contributed by atoms with E-state index in [-0.39, 0.29) is 29.7 Å². The fraction of sp³-hybridized carbons (Fsp3) is 0.594. The maximum absolute atomic E-state index is 14.0. The standard InChI is InChI=1S/C32H41F3N2O6/c1-17-24-13-21(31(24,3)4)14-25(17)36-30(40)28-27(18(2)39)26(16-38)43-37(28)15-20-9-7-11-23(29(20)41-5)19-8-6-10-22(12-19)42-32(33,34)35/h6-12,17-18,21,24-28,38-39H,13-16H2,1-5H3,(H,36,40)/t17-,18-,21+,24-,25-,26-,27-,28-/m0/s1. The number of fused-ring (bicyclic) bond motifs is 2. The molecule has 1 aliphatic heterocycles. The molecule has 8 atom stereocenters. The lowest BCUT2D eigenvalue weighted by atomic mass is 9.45. The molecule has 1 heterocycles. The van der Waals surface area contributed by atoms with Crippen LogP contribution in [0.2, 0.25) is 0 Å². The highest BCUT2D eigenvalue weighted by Gasteiger charge is 2.57. The van der Waals surface area contributed by atoms with Crippen molar-refractivity contribution < 1.29 is 42.5 Å². The van der Waals surface area contributed by atoms with E-state index < -0.39 is 37.1 Å². The number of aliphatic hydroxyl groups is 2. The molecule has 0 spiro atoms. The molecule has 3 N–H and O–H groups in total. The van der Waals surface area contributed by atoms with Crippen LogP contribution >= 0.6 is 0 Å². The smallest absolute Gasteiger partial charge is 0.496 e. The number of aliphatic hydroxyl groups excluding tert-OH is 2. The van der Waals surface area contributed by atoms with Gasteiger partial charge in [0.15, 0.2) is 0 Å². The molecule has 1 saturated heterocycles. The van der Waals surface area contributed by atoms with Crippen LogP contribution in [-0.2, 0) is 16.2 Å². The molecule has 4 fully saturated rings. The first-order chi connectivity index (χ1) is 20.2. The summed E-state index contributed by atoms with van der Waals surface area (Å²) in [7, 11) is 1.46. The highest BCUT2D eigenvalue weighted by molar-refractivity contribution is 5.83. The van der Waals surface area contributed by atoms with Crippen molar-refractivity contribution in [2.75, 3.05) is 13.7 Å². The van der Waals surface area contributed by atoms with E-state index in [0.717, 1.165) is 6.42 Å². The molecule has 2 bridgehead atoms. The Bertz CT molecular complexity index is 1320. The normalized spacial score (nSPS) is 30.8. The number of rotatable bonds is 9. The van der Waals surface area contributed by atoms with E-state index in [9.17, 15) is 28.2 Å². The fourth-order valence-electron chi connectivity index (χ4n) is 7.69. The lowest BCUT2D eigenvalue weighted by Crippen LogP contribution is -2.62. The van der Waals surface area contributed by atoms with Crippen LogP contribution in [0.3, 0.4) is 0 Å². The summed E-state index contributed by atoms with van der Waals surface area (Å²) >= 11 is 0. The molecular formula is C32H41F3N2O6. The number of hydroxylamine groups is 2. The van der Waals surface area contributed by atoms with Crippen molar-refractivity contribution in [1.29, 1.82) is 0 Å². The second-order valence-electron chi connectivity index (χ2n) is 12.8. The van der Waals surface area contributed by atoms with Crippen LogP contribution in [0.4, 0.5) is 13.2 Å². The van der Waals surface area contributed by atoms with E-state index in [0.29, 0.717) is 40.2 Å². The topological polar surface area (TPSA) is 100 Å². The number of hydrogen-bond acceptors (Lipinski definition) is 7. The number of amides is 1. The van der Waals surface area contributed by atoms with Gasteiger partial charge in [0.1, 0.15) is 23.6 Å². The Morgan fingerprint density at radius 3 is 2.53 bits per heavy atom. The highest BCUT2D eigenvalue weighted by atomic mass is 19.4. The van der Waals surface area contributed by atoms with Crippen LogP contribution in [0.15, 0.2) is 42.5 Å². The predicted octanol–water partition coefficient (Wildman–Crippen LogP) is 4.92. The second kappa shape index (κ2) is 11.9. The molecule has 6 rings (SSSR count). The maximum Gasteiger partial charge on any atom is 0.573 e. The van der Waals surface area contributed by atoms with E-state index in [4.69, 9.17) is 9.57 Å². The van der Waals surface area contributed by atoms with Crippen LogP contribution in [0.25, 0.3) is 11.1 Å². The summed E-state index contributed by atoms with van der Waals surface area (Å²) < 4.78 is 48.4. The van der Waals surface area contributed by atoms with Crippen molar-refractivity contribution in [2.24, 2.45) is 29.1 Å². The lowest BCUT2D eigenvalue weighted by molar-refractivity contribution is -0.274. The zero-order chi connectivity index (χ0) is 31.3. The van der Waals surface area contributed by atoms with Crippen LogP contribution in [0.1, 0.15) is 46.1 Å². The molecule has 3 saturated carbocycles. The van der Waals surface area contributed by atoms with Gasteiger partial charge in [0.25, 0.3) is 0 Å². The maximum atomic E-state index is 14.0. The first-order valence-corrected chi connectivity index (χ1v) is 14.8. The molecule has 0 unspecified atom stereocenters. The van der Waals surface area contributed by atoms with E-state index in [1.807, 2.05) is 0 Å². The third-order valence-electron chi connectivity index (χ3n) is 10.1. The Morgan fingerprint density at radius 1 is 1.21 bits per heavy atom. The van der Waals surface area contributed by atoms with Gasteiger partial charge >= 0.3 is 6.36 Å². The Morgan fingerprint density at radius 2 is 1.93 bits per heavy atom. The molecule has 4 aliphatic rings. The van der Waals surface area contributed by atoms with Crippen molar-refractivity contribution in [3.05, 3.63) is 48.0 Å². The highest BCUT2D eigenvalue weighted by Crippen LogP contribution is 2.61. The Hall–Kier alpha value is -2.86. The summed E-state index contributed by atoms with van der Waals surface area (Å²) in [6.07, 6.45) is -4.53. The number of para-hydroxylation sites is 1. The number of nitrogens with zero attached hydrogens (tertiary/aromatic N) is 1. The number of hydrogen-bond donors (Lipinski definition) is 3. The molecular weight excluding hydrogens is 565 g/mol. The number of methoxy groups -OCH3 is 1. The van der Waals surface area contributed by atoms with Gasteiger partial charge in [-0.2, -0.15) is 5.06 Å². The van der Waals surface area contributed by atoms with E-state index in [2.05, 4.69) is 30.8 Å². The van der Waals surface area contributed by atoms with Gasteiger partial charge in [-0.3, -0.25) is 9.63 Å². The number of benzene rings is 2. The van der Waals surface area contributed by atoms with Gasteiger partial charge in [0, 0.05) is 23.1 Å². The minimum atomic E-state index is -4.83. The van der Waals surface area contributed by atoms with E-state index in [1.54, 1.807) is 31.2 Å². The van der Waals surface area contributed by atoms with Gasteiger partial charge in [-0.1, -0.05) is 51.1 Å². The molecule has 43 heavy (non-hydrogen) atoms. The summed E-state index contributed by atoms with van der Waals surface area (Å²) in [6, 6.07) is 9.94. The van der Waals surface area contributed by atoms with Crippen molar-refractivity contribution >= 4 is 5.91 Å². The molecule has 8 nitrogen and oxygen atoms in total. The quantitative estimate of drug-likeness (QED) is 0.373. The Kier molecular flexibility index (Phi) is 8.74. The first kappa shape index (κ1) is 31.6. The third kappa shape index (κ3) is 6.09. The van der Waals surface area contributed by atoms with Crippen molar-refractivity contribution in [2.45, 2.75) is 77.7 Å². The molecule has 2 aromatic rings. The van der Waals surface area contributed by atoms with Gasteiger partial charge in [0.05, 0.1) is 26.4 Å². The van der Waals surface area contributed by atoms with Gasteiger partial charge < -0.3 is 25.0 Å². The average molecular weight is 607 g/mol. The van der Waals surface area contributed by atoms with Crippen LogP contribution in [0, 0.1) is 29.1 Å². The van der Waals surface area contributed by atoms with E-state index in [1.165, 1.54) is 36.8 Å². The Balaban J connectivity index is 1.42. The van der Waals surface area contributed by atoms with Gasteiger partial charge in [-0.25, -0.2) is 0 Å². The van der Waals surface area contributed by atoms with Crippen LogP contribution in [-0.4, -0.2) is 65.6 Å². The summed E-state index contributed by atoms with van der Waals surface area (Å²) in [5.41, 5.74) is 1.83. The zero-order valence-corrected chi connectivity index (χ0v) is 25.1. The predicted molar refractivity (Wildman–Crippen MR) is 153 cm³/mol. The van der Waals surface area contributed by atoms with Crippen LogP contribution < -0.4 is 14.8 Å². The molecule has 11 heteroatoms. The van der Waals surface area contributed by atoms with Gasteiger partial charge in [-0.15, -0.1) is 13.2 Å². The summed E-state index contributed by atoms with van der Waals surface area (Å²) in [6.45, 7) is 8.03. The van der Waals surface area contributed by atoms with Crippen molar-refractivity contribution in [3.63, 3.8) is 0 Å². The van der Waals surface area contributed by atoms with E-state index >= 15 is 0 Å². The minimum Gasteiger partial charge on any atom is -0.496 e. The van der Waals surface area contributed by atoms with Crippen molar-refractivity contribution in [1.82, 2.24) is 10.4 Å². The second-order valence-corrected chi connectivity index (χ2v) is 12.8. The third-order valence-corrected chi connectivity index (χ3v) is 10.1. The number of carbonyl (C=O) groups excluding carboxylic acids is 1. The average Bonchev–Trinajstić information content (AvgIpc) is 3.31. The number of alkyl halides is 3. The summed E-state index contributed by atoms with van der Waals surface area (Å²) in [5, 5.41) is 25.6. The Labute approximate surface area is 250 Å². The lowest BCUT2D eigenvalue weighted by Gasteiger charge is -2.62. The van der Waals surface area contributed by atoms with Gasteiger partial charge in [0.2, 0.25) is 5.91 Å². The summed E-state index contributed by atoms with van der Waals surface area (Å²) in [5.74, 6) is 0.425. The van der Waals surface area contributed by atoms with Crippen LogP contribution in [0.5, 0.6) is 11.5 Å². The largest absolute Gasteiger partial charge is 0.573 e. The molecule has 0 aromatic heterocycles. The monoisotopic (exact) mass is 606 g/mol. The summed E-state index contributed by atoms with van der Waals surface area (Å²) in [4.78, 5) is 20.0. The molecule has 0 radical (unpaired) electrons. The number of ether oxygens (including phenoxy) is 2. The minimum absolute atomic E-state index is 0.00184. The zero-order valence-electron chi connectivity index (χ0n) is 25.1. The number of halogens is 3. The number of nitrogens with one attached hydrogen (secondary N) is 1. The van der Waals surface area contributed by atoms with Gasteiger partial charge in [-0.05, 0) is 60.6 Å².